The average molecular weight is 276 g/mol. The summed E-state index contributed by atoms with van der Waals surface area (Å²) in [5.74, 6) is -0.153. The number of carbonyl (C=O) groups excluding carboxylic acids is 2. The molecule has 0 aliphatic carbocycles. The van der Waals surface area contributed by atoms with E-state index in [0.717, 1.165) is 6.54 Å². The number of hydrogen-bond acceptors (Lipinski definition) is 4. The molecule has 6 nitrogen and oxygen atoms in total. The summed E-state index contributed by atoms with van der Waals surface area (Å²) in [5.41, 5.74) is 0.570. The minimum atomic E-state index is -0.426. The first-order chi connectivity index (χ1) is 9.50. The van der Waals surface area contributed by atoms with Crippen LogP contribution in [-0.2, 0) is 4.79 Å². The van der Waals surface area contributed by atoms with Crippen LogP contribution in [0.5, 0.6) is 0 Å². The van der Waals surface area contributed by atoms with Gasteiger partial charge in [0.2, 0.25) is 5.91 Å². The molecule has 0 N–H and O–H groups in total. The van der Waals surface area contributed by atoms with Crippen molar-refractivity contribution >= 4 is 11.8 Å². The maximum Gasteiger partial charge on any atom is 0.254 e. The van der Waals surface area contributed by atoms with E-state index in [4.69, 9.17) is 0 Å². The minimum absolute atomic E-state index is 0.0426. The molecule has 1 saturated heterocycles. The molecule has 1 aliphatic rings. The van der Waals surface area contributed by atoms with Crippen molar-refractivity contribution in [3.8, 4) is 0 Å². The normalized spacial score (nSPS) is 19.8. The van der Waals surface area contributed by atoms with Crippen molar-refractivity contribution in [2.45, 2.75) is 6.04 Å². The highest BCUT2D eigenvalue weighted by Gasteiger charge is 2.35. The highest BCUT2D eigenvalue weighted by atomic mass is 16.2. The van der Waals surface area contributed by atoms with Crippen LogP contribution in [0.25, 0.3) is 0 Å². The van der Waals surface area contributed by atoms with Crippen molar-refractivity contribution < 1.29 is 9.59 Å². The standard InChI is InChI=1S/C14H20N4O2/c1-16(2)14(20)12-10-17(3)8-9-18(12)13(19)11-4-6-15-7-5-11/h4-7,12H,8-10H2,1-3H3/t12-/m0/s1. The average Bonchev–Trinajstić information content (AvgIpc) is 2.46. The summed E-state index contributed by atoms with van der Waals surface area (Å²) in [6.07, 6.45) is 3.18. The fourth-order valence-electron chi connectivity index (χ4n) is 2.33. The first-order valence-electron chi connectivity index (χ1n) is 6.61. The van der Waals surface area contributed by atoms with E-state index in [1.54, 1.807) is 43.5 Å². The van der Waals surface area contributed by atoms with Crippen LogP contribution in [0.1, 0.15) is 10.4 Å². The SMILES string of the molecule is CN1CCN(C(=O)c2ccncc2)[C@H](C(=O)N(C)C)C1. The van der Waals surface area contributed by atoms with E-state index in [1.165, 1.54) is 4.90 Å². The number of amides is 2. The first-order valence-corrected chi connectivity index (χ1v) is 6.61. The van der Waals surface area contributed by atoms with E-state index in [0.29, 0.717) is 18.7 Å². The molecule has 1 aromatic heterocycles. The van der Waals surface area contributed by atoms with Gasteiger partial charge in [0.1, 0.15) is 6.04 Å². The largest absolute Gasteiger partial charge is 0.347 e. The monoisotopic (exact) mass is 276 g/mol. The molecule has 20 heavy (non-hydrogen) atoms. The molecule has 0 spiro atoms. The molecule has 0 bridgehead atoms. The van der Waals surface area contributed by atoms with E-state index in [2.05, 4.69) is 9.88 Å². The van der Waals surface area contributed by atoms with Crippen LogP contribution >= 0.6 is 0 Å². The molecule has 0 unspecified atom stereocenters. The summed E-state index contributed by atoms with van der Waals surface area (Å²) in [4.78, 5) is 34.0. The van der Waals surface area contributed by atoms with Gasteiger partial charge in [-0.05, 0) is 19.2 Å². The lowest BCUT2D eigenvalue weighted by atomic mass is 10.1. The molecule has 1 atom stereocenters. The van der Waals surface area contributed by atoms with Crippen LogP contribution in [0.4, 0.5) is 0 Å². The zero-order valence-electron chi connectivity index (χ0n) is 12.1. The van der Waals surface area contributed by atoms with E-state index in [1.807, 2.05) is 7.05 Å². The third-order valence-corrected chi connectivity index (χ3v) is 3.50. The summed E-state index contributed by atoms with van der Waals surface area (Å²) in [7, 11) is 5.39. The van der Waals surface area contributed by atoms with Gasteiger partial charge in [-0.15, -0.1) is 0 Å². The molecule has 0 radical (unpaired) electrons. The smallest absolute Gasteiger partial charge is 0.254 e. The number of nitrogens with zero attached hydrogens (tertiary/aromatic N) is 4. The molecule has 0 aromatic carbocycles. The summed E-state index contributed by atoms with van der Waals surface area (Å²) in [5, 5.41) is 0. The van der Waals surface area contributed by atoms with Crippen LogP contribution in [-0.4, -0.2) is 78.3 Å². The molecule has 2 heterocycles. The predicted molar refractivity (Wildman–Crippen MR) is 75.3 cm³/mol. The van der Waals surface area contributed by atoms with Gasteiger partial charge in [-0.25, -0.2) is 0 Å². The van der Waals surface area contributed by atoms with Crippen LogP contribution in [0.3, 0.4) is 0 Å². The number of rotatable bonds is 2. The molecule has 2 amide bonds. The fraction of sp³-hybridized carbons (Fsp3) is 0.500. The van der Waals surface area contributed by atoms with E-state index >= 15 is 0 Å². The predicted octanol–water partition coefficient (Wildman–Crippen LogP) is -0.0740. The molecule has 1 fully saturated rings. The highest BCUT2D eigenvalue weighted by Crippen LogP contribution is 2.14. The zero-order valence-corrected chi connectivity index (χ0v) is 12.1. The third kappa shape index (κ3) is 2.96. The van der Waals surface area contributed by atoms with E-state index in [-0.39, 0.29) is 11.8 Å². The molecule has 2 rings (SSSR count). The van der Waals surface area contributed by atoms with E-state index in [9.17, 15) is 9.59 Å². The molecule has 6 heteroatoms. The maximum absolute atomic E-state index is 12.6. The van der Waals surface area contributed by atoms with Gasteiger partial charge in [0.05, 0.1) is 0 Å². The Hall–Kier alpha value is -1.95. The second kappa shape index (κ2) is 6.00. The summed E-state index contributed by atoms with van der Waals surface area (Å²) >= 11 is 0. The Labute approximate surface area is 119 Å². The van der Waals surface area contributed by atoms with Gasteiger partial charge in [-0.2, -0.15) is 0 Å². The van der Waals surface area contributed by atoms with Crippen molar-refractivity contribution in [2.24, 2.45) is 0 Å². The summed E-state index contributed by atoms with van der Waals surface area (Å²) in [6.45, 7) is 1.89. The van der Waals surface area contributed by atoms with Crippen molar-refractivity contribution in [3.63, 3.8) is 0 Å². The molecular weight excluding hydrogens is 256 g/mol. The van der Waals surface area contributed by atoms with Crippen LogP contribution in [0.15, 0.2) is 24.5 Å². The number of hydrogen-bond donors (Lipinski definition) is 0. The Morgan fingerprint density at radius 2 is 1.90 bits per heavy atom. The van der Waals surface area contributed by atoms with Gasteiger partial charge in [0.15, 0.2) is 0 Å². The summed E-state index contributed by atoms with van der Waals surface area (Å²) in [6, 6.07) is 2.93. The van der Waals surface area contributed by atoms with E-state index < -0.39 is 6.04 Å². The molecule has 0 saturated carbocycles. The first kappa shape index (κ1) is 14.5. The third-order valence-electron chi connectivity index (χ3n) is 3.50. The Kier molecular flexibility index (Phi) is 4.34. The second-order valence-corrected chi connectivity index (χ2v) is 5.25. The second-order valence-electron chi connectivity index (χ2n) is 5.25. The lowest BCUT2D eigenvalue weighted by Gasteiger charge is -2.40. The van der Waals surface area contributed by atoms with Gasteiger partial charge in [0.25, 0.3) is 5.91 Å². The van der Waals surface area contributed by atoms with Crippen LogP contribution in [0, 0.1) is 0 Å². The van der Waals surface area contributed by atoms with Crippen molar-refractivity contribution in [3.05, 3.63) is 30.1 Å². The van der Waals surface area contributed by atoms with Gasteiger partial charge >= 0.3 is 0 Å². The summed E-state index contributed by atoms with van der Waals surface area (Å²) < 4.78 is 0. The number of carbonyl (C=O) groups is 2. The number of likely N-dealkylation sites (N-methyl/N-ethyl adjacent to an activating group) is 2. The Bertz CT molecular complexity index is 489. The van der Waals surface area contributed by atoms with Crippen LogP contribution in [0.2, 0.25) is 0 Å². The van der Waals surface area contributed by atoms with Crippen molar-refractivity contribution in [1.29, 1.82) is 0 Å². The Morgan fingerprint density at radius 1 is 1.25 bits per heavy atom. The van der Waals surface area contributed by atoms with Gasteiger partial charge < -0.3 is 14.7 Å². The van der Waals surface area contributed by atoms with Gasteiger partial charge in [-0.3, -0.25) is 14.6 Å². The molecule has 1 aromatic rings. The minimum Gasteiger partial charge on any atom is -0.347 e. The van der Waals surface area contributed by atoms with Gasteiger partial charge in [0, 0.05) is 51.7 Å². The maximum atomic E-state index is 12.6. The van der Waals surface area contributed by atoms with Gasteiger partial charge in [-0.1, -0.05) is 0 Å². The number of aromatic nitrogens is 1. The van der Waals surface area contributed by atoms with Crippen molar-refractivity contribution in [1.82, 2.24) is 19.7 Å². The Balaban J connectivity index is 2.23. The lowest BCUT2D eigenvalue weighted by Crippen LogP contribution is -2.59. The molecular formula is C14H20N4O2. The highest BCUT2D eigenvalue weighted by molar-refractivity contribution is 5.97. The molecule has 1 aliphatic heterocycles. The Morgan fingerprint density at radius 3 is 2.50 bits per heavy atom. The number of piperazine rings is 1. The number of pyridine rings is 1. The fourth-order valence-corrected chi connectivity index (χ4v) is 2.33. The topological polar surface area (TPSA) is 56.8 Å². The lowest BCUT2D eigenvalue weighted by molar-refractivity contribution is -0.135. The van der Waals surface area contributed by atoms with Crippen LogP contribution < -0.4 is 0 Å². The molecule has 108 valence electrons. The van der Waals surface area contributed by atoms with Crippen molar-refractivity contribution in [2.75, 3.05) is 40.8 Å². The zero-order chi connectivity index (χ0) is 14.7. The quantitative estimate of drug-likeness (QED) is 0.758.